The Bertz CT molecular complexity index is 469. The summed E-state index contributed by atoms with van der Waals surface area (Å²) in [7, 11) is 0. The van der Waals surface area contributed by atoms with Crippen LogP contribution in [0.3, 0.4) is 0 Å². The summed E-state index contributed by atoms with van der Waals surface area (Å²) in [5.41, 5.74) is 8.77. The third-order valence-electron chi connectivity index (χ3n) is 5.49. The van der Waals surface area contributed by atoms with Gasteiger partial charge in [-0.05, 0) is 97.9 Å². The van der Waals surface area contributed by atoms with Crippen LogP contribution in [0.4, 0.5) is 0 Å². The molecule has 0 saturated heterocycles. The molecule has 0 aromatic heterocycles. The van der Waals surface area contributed by atoms with E-state index in [4.69, 9.17) is 0 Å². The van der Waals surface area contributed by atoms with Crippen LogP contribution in [0.15, 0.2) is 6.07 Å². The number of hydrogen-bond donors (Lipinski definition) is 0. The highest BCUT2D eigenvalue weighted by molar-refractivity contribution is 5.52. The molecule has 0 saturated carbocycles. The van der Waals surface area contributed by atoms with Crippen LogP contribution < -0.4 is 0 Å². The molecule has 0 spiro atoms. The number of hydrogen-bond acceptors (Lipinski definition) is 0. The molecule has 2 unspecified atom stereocenters. The summed E-state index contributed by atoms with van der Waals surface area (Å²) in [6, 6.07) is 2.54. The third-order valence-corrected chi connectivity index (χ3v) is 5.49. The van der Waals surface area contributed by atoms with E-state index >= 15 is 0 Å². The number of aryl methyl sites for hydroxylation is 2. The van der Waals surface area contributed by atoms with E-state index in [0.717, 1.165) is 11.8 Å². The van der Waals surface area contributed by atoms with Gasteiger partial charge in [0, 0.05) is 0 Å². The lowest BCUT2D eigenvalue weighted by molar-refractivity contribution is 0.400. The zero-order valence-electron chi connectivity index (χ0n) is 10.9. The number of rotatable bonds is 0. The molecule has 0 radical (unpaired) electrons. The Hall–Kier alpha value is -0.780. The standard InChI is InChI=1S/C17H22/c1-11-10-14-6-2-4-12-8-9-13-5-3-7-15(11)17(13)16(12)14/h10,12-13H,2-9H2,1H3. The molecular weight excluding hydrogens is 204 g/mol. The summed E-state index contributed by atoms with van der Waals surface area (Å²) in [5, 5.41) is 0. The fourth-order valence-electron chi connectivity index (χ4n) is 4.79. The molecule has 0 heteroatoms. The van der Waals surface area contributed by atoms with E-state index in [1.165, 1.54) is 51.4 Å². The molecule has 0 N–H and O–H groups in total. The summed E-state index contributed by atoms with van der Waals surface area (Å²) in [5.74, 6) is 1.86. The zero-order chi connectivity index (χ0) is 11.4. The first-order valence-corrected chi connectivity index (χ1v) is 7.49. The van der Waals surface area contributed by atoms with E-state index in [0.29, 0.717) is 0 Å². The highest BCUT2D eigenvalue weighted by Crippen LogP contribution is 2.51. The average Bonchev–Trinajstić information content (AvgIpc) is 2.37. The van der Waals surface area contributed by atoms with Crippen molar-refractivity contribution < 1.29 is 0 Å². The molecule has 90 valence electrons. The van der Waals surface area contributed by atoms with E-state index in [1.54, 1.807) is 16.7 Å². The first-order chi connectivity index (χ1) is 8.34. The van der Waals surface area contributed by atoms with Gasteiger partial charge >= 0.3 is 0 Å². The molecule has 0 nitrogen and oxygen atoms in total. The fourth-order valence-corrected chi connectivity index (χ4v) is 4.79. The predicted octanol–water partition coefficient (Wildman–Crippen LogP) is 4.63. The van der Waals surface area contributed by atoms with Gasteiger partial charge in [0.05, 0.1) is 0 Å². The minimum absolute atomic E-state index is 0.932. The summed E-state index contributed by atoms with van der Waals surface area (Å²) < 4.78 is 0. The monoisotopic (exact) mass is 226 g/mol. The van der Waals surface area contributed by atoms with Crippen molar-refractivity contribution in [2.24, 2.45) is 0 Å². The summed E-state index contributed by atoms with van der Waals surface area (Å²) >= 11 is 0. The molecule has 4 rings (SSSR count). The van der Waals surface area contributed by atoms with Crippen molar-refractivity contribution in [2.75, 3.05) is 0 Å². The van der Waals surface area contributed by atoms with Gasteiger partial charge in [0.1, 0.15) is 0 Å². The van der Waals surface area contributed by atoms with Crippen molar-refractivity contribution in [3.63, 3.8) is 0 Å². The van der Waals surface area contributed by atoms with Crippen LogP contribution in [-0.2, 0) is 12.8 Å². The van der Waals surface area contributed by atoms with Crippen LogP contribution in [0, 0.1) is 6.92 Å². The van der Waals surface area contributed by atoms with Crippen LogP contribution in [0.5, 0.6) is 0 Å². The first kappa shape index (κ1) is 10.2. The highest BCUT2D eigenvalue weighted by Gasteiger charge is 2.35. The first-order valence-electron chi connectivity index (χ1n) is 7.49. The van der Waals surface area contributed by atoms with Crippen LogP contribution in [0.25, 0.3) is 0 Å². The van der Waals surface area contributed by atoms with Gasteiger partial charge in [-0.25, -0.2) is 0 Å². The Morgan fingerprint density at radius 3 is 2.41 bits per heavy atom. The third kappa shape index (κ3) is 1.36. The molecule has 2 atom stereocenters. The van der Waals surface area contributed by atoms with E-state index < -0.39 is 0 Å². The molecule has 0 amide bonds. The predicted molar refractivity (Wildman–Crippen MR) is 71.8 cm³/mol. The molecule has 0 fully saturated rings. The van der Waals surface area contributed by atoms with Gasteiger partial charge in [-0.15, -0.1) is 0 Å². The Labute approximate surface area is 104 Å². The Morgan fingerprint density at radius 1 is 0.882 bits per heavy atom. The zero-order valence-corrected chi connectivity index (χ0v) is 10.9. The summed E-state index contributed by atoms with van der Waals surface area (Å²) in [6.45, 7) is 2.35. The van der Waals surface area contributed by atoms with Gasteiger partial charge in [0.25, 0.3) is 0 Å². The molecular formula is C17H22. The van der Waals surface area contributed by atoms with Crippen LogP contribution in [0.2, 0.25) is 0 Å². The SMILES string of the molecule is Cc1cc2c3c4c1CCCC4CCC3CCC2. The molecule has 17 heavy (non-hydrogen) atoms. The van der Waals surface area contributed by atoms with Crippen LogP contribution in [0.1, 0.15) is 78.2 Å². The van der Waals surface area contributed by atoms with Crippen molar-refractivity contribution in [1.29, 1.82) is 0 Å². The molecule has 3 aliphatic carbocycles. The second kappa shape index (κ2) is 3.60. The maximum Gasteiger partial charge on any atom is -0.0156 e. The Morgan fingerprint density at radius 2 is 1.59 bits per heavy atom. The average molecular weight is 226 g/mol. The normalized spacial score (nSPS) is 29.9. The van der Waals surface area contributed by atoms with E-state index in [9.17, 15) is 0 Å². The van der Waals surface area contributed by atoms with Crippen LogP contribution >= 0.6 is 0 Å². The maximum atomic E-state index is 2.54. The lowest BCUT2D eigenvalue weighted by Crippen LogP contribution is -2.25. The Balaban J connectivity index is 2.01. The topological polar surface area (TPSA) is 0 Å². The van der Waals surface area contributed by atoms with Gasteiger partial charge in [0.2, 0.25) is 0 Å². The second-order valence-corrected chi connectivity index (χ2v) is 6.41. The van der Waals surface area contributed by atoms with Crippen LogP contribution in [-0.4, -0.2) is 0 Å². The smallest absolute Gasteiger partial charge is 0.0156 e. The molecule has 0 aliphatic heterocycles. The Kier molecular flexibility index (Phi) is 2.16. The molecule has 3 aliphatic rings. The van der Waals surface area contributed by atoms with E-state index in [-0.39, 0.29) is 0 Å². The van der Waals surface area contributed by atoms with Gasteiger partial charge in [0.15, 0.2) is 0 Å². The highest BCUT2D eigenvalue weighted by atomic mass is 14.4. The molecule has 0 heterocycles. The van der Waals surface area contributed by atoms with E-state index in [1.807, 2.05) is 11.1 Å². The molecule has 1 aromatic rings. The summed E-state index contributed by atoms with van der Waals surface area (Å²) in [4.78, 5) is 0. The van der Waals surface area contributed by atoms with Gasteiger partial charge in [-0.3, -0.25) is 0 Å². The van der Waals surface area contributed by atoms with Crippen molar-refractivity contribution >= 4 is 0 Å². The quantitative estimate of drug-likeness (QED) is 0.605. The van der Waals surface area contributed by atoms with E-state index in [2.05, 4.69) is 13.0 Å². The lowest BCUT2D eigenvalue weighted by Gasteiger charge is -2.40. The van der Waals surface area contributed by atoms with Crippen molar-refractivity contribution in [3.8, 4) is 0 Å². The fraction of sp³-hybridized carbons (Fsp3) is 0.647. The maximum absolute atomic E-state index is 2.54. The lowest BCUT2D eigenvalue weighted by atomic mass is 9.64. The summed E-state index contributed by atoms with van der Waals surface area (Å²) in [6.07, 6.45) is 11.5. The minimum Gasteiger partial charge on any atom is -0.0555 e. The van der Waals surface area contributed by atoms with Crippen molar-refractivity contribution in [1.82, 2.24) is 0 Å². The van der Waals surface area contributed by atoms with Crippen molar-refractivity contribution in [3.05, 3.63) is 33.9 Å². The van der Waals surface area contributed by atoms with Gasteiger partial charge < -0.3 is 0 Å². The van der Waals surface area contributed by atoms with Gasteiger partial charge in [-0.1, -0.05) is 6.07 Å². The van der Waals surface area contributed by atoms with Crippen molar-refractivity contribution in [2.45, 2.75) is 70.1 Å². The molecule has 1 aromatic carbocycles. The largest absolute Gasteiger partial charge is 0.0555 e. The molecule has 0 bridgehead atoms. The minimum atomic E-state index is 0.932. The second-order valence-electron chi connectivity index (χ2n) is 6.41. The van der Waals surface area contributed by atoms with Gasteiger partial charge in [-0.2, -0.15) is 0 Å². The number of benzene rings is 1.